The Morgan fingerprint density at radius 3 is 2.09 bits per heavy atom. The van der Waals surface area contributed by atoms with E-state index in [-0.39, 0.29) is 18.6 Å². The number of carboxylic acids is 1. The first-order chi connectivity index (χ1) is 16.2. The number of anilines is 1. The first-order valence-corrected chi connectivity index (χ1v) is 11.4. The van der Waals surface area contributed by atoms with E-state index in [0.717, 1.165) is 5.56 Å². The number of nitrogens with two attached hydrogens (primary N) is 1. The Morgan fingerprint density at radius 1 is 0.971 bits per heavy atom. The van der Waals surface area contributed by atoms with E-state index in [1.165, 1.54) is 22.3 Å². The molecule has 0 saturated heterocycles. The number of carboxylic acid groups (broad SMARTS) is 1. The van der Waals surface area contributed by atoms with Gasteiger partial charge in [-0.25, -0.2) is 4.79 Å². The molecule has 0 spiro atoms. The van der Waals surface area contributed by atoms with Gasteiger partial charge in [0, 0.05) is 17.6 Å². The van der Waals surface area contributed by atoms with Crippen molar-refractivity contribution < 1.29 is 19.4 Å². The second-order valence-corrected chi connectivity index (χ2v) is 9.50. The maximum atomic E-state index is 12.5. The number of nitrogens with one attached hydrogen (secondary N) is 1. The van der Waals surface area contributed by atoms with Gasteiger partial charge in [-0.2, -0.15) is 0 Å². The van der Waals surface area contributed by atoms with E-state index in [1.807, 2.05) is 36.4 Å². The summed E-state index contributed by atoms with van der Waals surface area (Å²) in [4.78, 5) is 23.8. The van der Waals surface area contributed by atoms with Crippen molar-refractivity contribution in [1.29, 1.82) is 0 Å². The standard InChI is InChI=1S/C28H30N2O4/c1-28(2,26(31)32)16-19(29)15-18-11-13-20(14-12-18)30-27(33)34-17-25-23-9-5-3-7-21(23)22-8-4-6-10-24(22)25/h3-14,19,25H,15-17,29H2,1-2H3,(H,30,33)(H,31,32)/t19-/m0/s1. The molecule has 4 rings (SSSR count). The Labute approximate surface area is 199 Å². The number of carbonyl (C=O) groups excluding carboxylic acids is 1. The summed E-state index contributed by atoms with van der Waals surface area (Å²) >= 11 is 0. The first kappa shape index (κ1) is 23.5. The molecule has 3 aromatic carbocycles. The molecule has 6 nitrogen and oxygen atoms in total. The Bertz CT molecular complexity index is 1140. The summed E-state index contributed by atoms with van der Waals surface area (Å²) in [6.45, 7) is 3.61. The van der Waals surface area contributed by atoms with Crippen molar-refractivity contribution >= 4 is 17.7 Å². The highest BCUT2D eigenvalue weighted by Gasteiger charge is 2.30. The second kappa shape index (κ2) is 9.69. The van der Waals surface area contributed by atoms with E-state index in [2.05, 4.69) is 29.6 Å². The summed E-state index contributed by atoms with van der Waals surface area (Å²) in [5.74, 6) is -0.845. The lowest BCUT2D eigenvalue weighted by Gasteiger charge is -2.23. The van der Waals surface area contributed by atoms with Gasteiger partial charge in [-0.1, -0.05) is 60.7 Å². The molecule has 0 heterocycles. The number of aliphatic carboxylic acids is 1. The van der Waals surface area contributed by atoms with Crippen molar-refractivity contribution in [3.05, 3.63) is 89.5 Å². The van der Waals surface area contributed by atoms with Crippen molar-refractivity contribution in [2.75, 3.05) is 11.9 Å². The Hall–Kier alpha value is -3.64. The van der Waals surface area contributed by atoms with Crippen LogP contribution >= 0.6 is 0 Å². The zero-order valence-corrected chi connectivity index (χ0v) is 19.5. The minimum absolute atomic E-state index is 0.0112. The van der Waals surface area contributed by atoms with Gasteiger partial charge in [0.1, 0.15) is 6.61 Å². The van der Waals surface area contributed by atoms with Crippen molar-refractivity contribution in [2.45, 2.75) is 38.6 Å². The number of hydrogen-bond acceptors (Lipinski definition) is 4. The molecule has 0 fully saturated rings. The van der Waals surface area contributed by atoms with E-state index in [9.17, 15) is 14.7 Å². The van der Waals surface area contributed by atoms with Crippen LogP contribution in [-0.2, 0) is 16.0 Å². The number of hydrogen-bond donors (Lipinski definition) is 3. The SMILES string of the molecule is CC(C)(C[C@@H](N)Cc1ccc(NC(=O)OCC2c3ccccc3-c3ccccc32)cc1)C(=O)O. The average molecular weight is 459 g/mol. The number of carbonyl (C=O) groups is 2. The van der Waals surface area contributed by atoms with E-state index < -0.39 is 17.5 Å². The topological polar surface area (TPSA) is 102 Å². The van der Waals surface area contributed by atoms with E-state index >= 15 is 0 Å². The largest absolute Gasteiger partial charge is 0.481 e. The number of amides is 1. The van der Waals surface area contributed by atoms with E-state index in [1.54, 1.807) is 26.0 Å². The molecule has 34 heavy (non-hydrogen) atoms. The lowest BCUT2D eigenvalue weighted by molar-refractivity contribution is -0.147. The summed E-state index contributed by atoms with van der Waals surface area (Å²) in [7, 11) is 0. The molecule has 0 unspecified atom stereocenters. The summed E-state index contributed by atoms with van der Waals surface area (Å²) in [6.07, 6.45) is 0.429. The smallest absolute Gasteiger partial charge is 0.411 e. The maximum Gasteiger partial charge on any atom is 0.411 e. The van der Waals surface area contributed by atoms with Gasteiger partial charge in [-0.15, -0.1) is 0 Å². The minimum atomic E-state index is -0.870. The highest BCUT2D eigenvalue weighted by atomic mass is 16.5. The van der Waals surface area contributed by atoms with Crippen molar-refractivity contribution in [1.82, 2.24) is 0 Å². The van der Waals surface area contributed by atoms with Crippen LogP contribution in [0.2, 0.25) is 0 Å². The number of rotatable bonds is 8. The van der Waals surface area contributed by atoms with Crippen LogP contribution in [0.15, 0.2) is 72.8 Å². The van der Waals surface area contributed by atoms with Crippen molar-refractivity contribution in [3.8, 4) is 11.1 Å². The van der Waals surface area contributed by atoms with E-state index in [0.29, 0.717) is 18.5 Å². The second-order valence-electron chi connectivity index (χ2n) is 9.50. The van der Waals surface area contributed by atoms with Crippen LogP contribution in [0.1, 0.15) is 42.9 Å². The third-order valence-electron chi connectivity index (χ3n) is 6.39. The Morgan fingerprint density at radius 2 is 1.53 bits per heavy atom. The van der Waals surface area contributed by atoms with Crippen LogP contribution in [0.3, 0.4) is 0 Å². The minimum Gasteiger partial charge on any atom is -0.481 e. The molecule has 0 saturated carbocycles. The number of fused-ring (bicyclic) bond motifs is 3. The number of benzene rings is 3. The number of ether oxygens (including phenoxy) is 1. The fourth-order valence-electron chi connectivity index (χ4n) is 4.59. The van der Waals surface area contributed by atoms with Crippen LogP contribution < -0.4 is 11.1 Å². The van der Waals surface area contributed by atoms with Gasteiger partial charge in [0.25, 0.3) is 0 Å². The van der Waals surface area contributed by atoms with E-state index in [4.69, 9.17) is 10.5 Å². The normalized spacial score (nSPS) is 13.6. The molecule has 1 amide bonds. The quantitative estimate of drug-likeness (QED) is 0.418. The van der Waals surface area contributed by atoms with Crippen LogP contribution in [0.4, 0.5) is 10.5 Å². The predicted octanol–water partition coefficient (Wildman–Crippen LogP) is 5.42. The maximum absolute atomic E-state index is 12.5. The summed E-state index contributed by atoms with van der Waals surface area (Å²) in [6, 6.07) is 23.5. The van der Waals surface area contributed by atoms with Gasteiger partial charge < -0.3 is 15.6 Å². The molecular weight excluding hydrogens is 428 g/mol. The van der Waals surface area contributed by atoms with Crippen LogP contribution in [0, 0.1) is 5.41 Å². The fraction of sp³-hybridized carbons (Fsp3) is 0.286. The van der Waals surface area contributed by atoms with Crippen molar-refractivity contribution in [2.24, 2.45) is 11.1 Å². The highest BCUT2D eigenvalue weighted by Crippen LogP contribution is 2.44. The highest BCUT2D eigenvalue weighted by molar-refractivity contribution is 5.85. The molecule has 176 valence electrons. The summed E-state index contributed by atoms with van der Waals surface area (Å²) in [5, 5.41) is 12.1. The molecule has 6 heteroatoms. The third kappa shape index (κ3) is 5.13. The Balaban J connectivity index is 1.32. The van der Waals surface area contributed by atoms with Gasteiger partial charge in [-0.3, -0.25) is 10.1 Å². The monoisotopic (exact) mass is 458 g/mol. The van der Waals surface area contributed by atoms with Gasteiger partial charge in [0.2, 0.25) is 0 Å². The summed E-state index contributed by atoms with van der Waals surface area (Å²) < 4.78 is 5.59. The Kier molecular flexibility index (Phi) is 6.70. The predicted molar refractivity (Wildman–Crippen MR) is 133 cm³/mol. The van der Waals surface area contributed by atoms with Crippen molar-refractivity contribution in [3.63, 3.8) is 0 Å². The zero-order valence-electron chi connectivity index (χ0n) is 19.5. The molecule has 0 aliphatic heterocycles. The van der Waals surface area contributed by atoms with Gasteiger partial charge in [0.15, 0.2) is 0 Å². The lowest BCUT2D eigenvalue weighted by atomic mass is 9.84. The van der Waals surface area contributed by atoms with Gasteiger partial charge in [-0.05, 0) is 66.6 Å². The molecule has 3 aromatic rings. The summed E-state index contributed by atoms with van der Waals surface area (Å²) in [5.41, 5.74) is 11.6. The molecule has 1 atom stereocenters. The average Bonchev–Trinajstić information content (AvgIpc) is 3.12. The molecule has 0 bridgehead atoms. The lowest BCUT2D eigenvalue weighted by Crippen LogP contribution is -2.34. The molecule has 1 aliphatic rings. The molecular formula is C28H30N2O4. The fourth-order valence-corrected chi connectivity index (χ4v) is 4.59. The third-order valence-corrected chi connectivity index (χ3v) is 6.39. The first-order valence-electron chi connectivity index (χ1n) is 11.4. The molecule has 0 radical (unpaired) electrons. The van der Waals surface area contributed by atoms with Gasteiger partial charge in [0.05, 0.1) is 5.41 Å². The van der Waals surface area contributed by atoms with Crippen LogP contribution in [0.25, 0.3) is 11.1 Å². The van der Waals surface area contributed by atoms with Crippen LogP contribution in [-0.4, -0.2) is 29.8 Å². The zero-order chi connectivity index (χ0) is 24.3. The van der Waals surface area contributed by atoms with Crippen LogP contribution in [0.5, 0.6) is 0 Å². The van der Waals surface area contributed by atoms with Gasteiger partial charge >= 0.3 is 12.1 Å². The molecule has 1 aliphatic carbocycles. The molecule has 0 aromatic heterocycles. The molecule has 4 N–H and O–H groups in total.